The van der Waals surface area contributed by atoms with Crippen LogP contribution < -0.4 is 16.4 Å². The minimum Gasteiger partial charge on any atom is -0.480 e. The number of H-pyrrole nitrogens is 2. The molecule has 1 aliphatic heterocycles. The van der Waals surface area contributed by atoms with E-state index in [9.17, 15) is 24.3 Å². The van der Waals surface area contributed by atoms with Crippen LogP contribution in [0.4, 0.5) is 0 Å². The van der Waals surface area contributed by atoms with Crippen LogP contribution in [0.1, 0.15) is 29.7 Å². The molecule has 224 valence electrons. The van der Waals surface area contributed by atoms with Crippen molar-refractivity contribution < 1.29 is 24.3 Å². The second-order valence-electron chi connectivity index (χ2n) is 10.8. The maximum absolute atomic E-state index is 13.9. The van der Waals surface area contributed by atoms with Crippen LogP contribution in [-0.2, 0) is 38.4 Å². The third-order valence-electron chi connectivity index (χ3n) is 7.78. The van der Waals surface area contributed by atoms with E-state index in [1.165, 1.54) is 11.2 Å². The lowest BCUT2D eigenvalue weighted by molar-refractivity contribution is -0.149. The smallest absolute Gasteiger partial charge is 0.326 e. The maximum atomic E-state index is 13.9. The molecule has 4 unspecified atom stereocenters. The molecule has 3 heterocycles. The molecule has 0 spiro atoms. The normalized spacial score (nSPS) is 16.9. The number of fused-ring (bicyclic) bond motifs is 1. The van der Waals surface area contributed by atoms with Gasteiger partial charge in [0.05, 0.1) is 12.4 Å². The lowest BCUT2D eigenvalue weighted by atomic mass is 10.0. The van der Waals surface area contributed by atoms with Crippen molar-refractivity contribution >= 4 is 34.6 Å². The van der Waals surface area contributed by atoms with Gasteiger partial charge in [0, 0.05) is 54.8 Å². The summed E-state index contributed by atoms with van der Waals surface area (Å²) in [5, 5.41) is 16.3. The van der Waals surface area contributed by atoms with Crippen LogP contribution in [0, 0.1) is 0 Å². The summed E-state index contributed by atoms with van der Waals surface area (Å²) in [5.41, 5.74) is 9.31. The predicted molar refractivity (Wildman–Crippen MR) is 159 cm³/mol. The Morgan fingerprint density at radius 2 is 1.70 bits per heavy atom. The Morgan fingerprint density at radius 3 is 2.44 bits per heavy atom. The SMILES string of the molecule is NC(Cc1cnc[nH]1)C(=O)NC(Cc1ccccc1)C(=O)NC(Cc1c[nH]c2ccccc12)C(=O)N1CCCC1C(=O)O. The number of hydrogen-bond donors (Lipinski definition) is 6. The Morgan fingerprint density at radius 1 is 0.953 bits per heavy atom. The van der Waals surface area contributed by atoms with Crippen LogP contribution in [0.15, 0.2) is 73.3 Å². The number of amides is 3. The number of benzene rings is 2. The summed E-state index contributed by atoms with van der Waals surface area (Å²) in [4.78, 5) is 64.2. The highest BCUT2D eigenvalue weighted by Gasteiger charge is 2.38. The third-order valence-corrected chi connectivity index (χ3v) is 7.78. The predicted octanol–water partition coefficient (Wildman–Crippen LogP) is 1.29. The van der Waals surface area contributed by atoms with Gasteiger partial charge in [-0.05, 0) is 30.0 Å². The van der Waals surface area contributed by atoms with E-state index in [0.717, 1.165) is 22.0 Å². The van der Waals surface area contributed by atoms with Crippen molar-refractivity contribution in [3.05, 3.63) is 90.1 Å². The van der Waals surface area contributed by atoms with Crippen molar-refractivity contribution in [2.75, 3.05) is 6.54 Å². The standard InChI is InChI=1S/C31H35N7O5/c32-23(15-21-17-33-18-35-21)28(39)36-25(13-19-7-2-1-3-8-19)29(40)37-26(30(41)38-12-6-11-27(38)31(42)43)14-20-16-34-24-10-5-4-9-22(20)24/h1-5,7-10,16-18,23,25-27,34H,6,11-15,32H2,(H,33,35)(H,36,39)(H,37,40)(H,42,43). The number of imidazole rings is 1. The van der Waals surface area contributed by atoms with Crippen molar-refractivity contribution in [2.45, 2.75) is 56.3 Å². The molecule has 12 heteroatoms. The quantitative estimate of drug-likeness (QED) is 0.145. The average molecular weight is 586 g/mol. The molecule has 0 saturated carbocycles. The van der Waals surface area contributed by atoms with Crippen LogP contribution in [-0.4, -0.2) is 79.4 Å². The molecule has 2 aromatic carbocycles. The van der Waals surface area contributed by atoms with E-state index >= 15 is 0 Å². The number of rotatable bonds is 12. The van der Waals surface area contributed by atoms with E-state index in [1.54, 1.807) is 12.4 Å². The topological polar surface area (TPSA) is 186 Å². The maximum Gasteiger partial charge on any atom is 0.326 e. The number of nitrogens with two attached hydrogens (primary N) is 1. The summed E-state index contributed by atoms with van der Waals surface area (Å²) in [6.07, 6.45) is 6.23. The summed E-state index contributed by atoms with van der Waals surface area (Å²) < 4.78 is 0. The van der Waals surface area contributed by atoms with Gasteiger partial charge < -0.3 is 36.3 Å². The first-order chi connectivity index (χ1) is 20.8. The number of carbonyl (C=O) groups excluding carboxylic acids is 3. The molecule has 4 aromatic rings. The number of nitrogens with one attached hydrogen (secondary N) is 4. The van der Waals surface area contributed by atoms with Gasteiger partial charge in [0.1, 0.15) is 18.1 Å². The number of aromatic amines is 2. The number of para-hydroxylation sites is 1. The molecule has 7 N–H and O–H groups in total. The molecule has 1 aliphatic rings. The van der Waals surface area contributed by atoms with Crippen LogP contribution in [0.2, 0.25) is 0 Å². The van der Waals surface area contributed by atoms with E-state index in [4.69, 9.17) is 5.73 Å². The second-order valence-corrected chi connectivity index (χ2v) is 10.8. The molecular formula is C31H35N7O5. The van der Waals surface area contributed by atoms with Gasteiger partial charge in [-0.2, -0.15) is 0 Å². The zero-order chi connectivity index (χ0) is 30.3. The molecule has 0 aliphatic carbocycles. The third kappa shape index (κ3) is 7.09. The Kier molecular flexibility index (Phi) is 9.16. The lowest BCUT2D eigenvalue weighted by Gasteiger charge is -2.29. The van der Waals surface area contributed by atoms with Crippen molar-refractivity contribution in [3.8, 4) is 0 Å². The molecule has 0 bridgehead atoms. The van der Waals surface area contributed by atoms with E-state index < -0.39 is 47.9 Å². The minimum absolute atomic E-state index is 0.128. The van der Waals surface area contributed by atoms with Crippen LogP contribution in [0.5, 0.6) is 0 Å². The van der Waals surface area contributed by atoms with Gasteiger partial charge in [-0.15, -0.1) is 0 Å². The summed E-state index contributed by atoms with van der Waals surface area (Å²) in [6.45, 7) is 0.280. The Hall–Kier alpha value is -4.97. The lowest BCUT2D eigenvalue weighted by Crippen LogP contribution is -2.58. The molecule has 3 amide bonds. The Bertz CT molecular complexity index is 1570. The molecule has 12 nitrogen and oxygen atoms in total. The van der Waals surface area contributed by atoms with E-state index in [2.05, 4.69) is 25.6 Å². The Labute approximate surface area is 248 Å². The monoisotopic (exact) mass is 585 g/mol. The van der Waals surface area contributed by atoms with Crippen LogP contribution >= 0.6 is 0 Å². The van der Waals surface area contributed by atoms with Crippen LogP contribution in [0.25, 0.3) is 10.9 Å². The summed E-state index contributed by atoms with van der Waals surface area (Å²) in [5.74, 6) is -2.67. The molecule has 43 heavy (non-hydrogen) atoms. The first-order valence-electron chi connectivity index (χ1n) is 14.3. The zero-order valence-electron chi connectivity index (χ0n) is 23.5. The number of likely N-dealkylation sites (tertiary alicyclic amines) is 1. The van der Waals surface area contributed by atoms with Gasteiger partial charge >= 0.3 is 5.97 Å². The van der Waals surface area contributed by atoms with E-state index in [0.29, 0.717) is 18.5 Å². The first-order valence-corrected chi connectivity index (χ1v) is 14.3. The van der Waals surface area contributed by atoms with E-state index in [-0.39, 0.29) is 25.8 Å². The van der Waals surface area contributed by atoms with Gasteiger partial charge in [-0.1, -0.05) is 48.5 Å². The molecule has 1 fully saturated rings. The second kappa shape index (κ2) is 13.3. The molecule has 1 saturated heterocycles. The minimum atomic E-state index is -1.08. The first kappa shape index (κ1) is 29.5. The summed E-state index contributed by atoms with van der Waals surface area (Å²) >= 11 is 0. The number of carboxylic acids is 1. The zero-order valence-corrected chi connectivity index (χ0v) is 23.5. The number of hydrogen-bond acceptors (Lipinski definition) is 6. The van der Waals surface area contributed by atoms with Gasteiger partial charge in [0.25, 0.3) is 0 Å². The number of carboxylic acid groups (broad SMARTS) is 1. The van der Waals surface area contributed by atoms with Crippen LogP contribution in [0.3, 0.4) is 0 Å². The van der Waals surface area contributed by atoms with Gasteiger partial charge in [-0.25, -0.2) is 9.78 Å². The average Bonchev–Trinajstić information content (AvgIpc) is 3.78. The molecule has 0 radical (unpaired) electrons. The molecule has 5 rings (SSSR count). The Balaban J connectivity index is 1.40. The highest BCUT2D eigenvalue weighted by Crippen LogP contribution is 2.23. The van der Waals surface area contributed by atoms with Crippen molar-refractivity contribution in [1.82, 2.24) is 30.5 Å². The van der Waals surface area contributed by atoms with Gasteiger partial charge in [0.15, 0.2) is 0 Å². The molecule has 2 aromatic heterocycles. The molecular weight excluding hydrogens is 550 g/mol. The molecule has 4 atom stereocenters. The fourth-order valence-corrected chi connectivity index (χ4v) is 5.54. The van der Waals surface area contributed by atoms with Crippen molar-refractivity contribution in [3.63, 3.8) is 0 Å². The number of nitrogens with zero attached hydrogens (tertiary/aromatic N) is 2. The number of carbonyl (C=O) groups is 4. The highest BCUT2D eigenvalue weighted by molar-refractivity contribution is 5.95. The van der Waals surface area contributed by atoms with Gasteiger partial charge in [0.2, 0.25) is 17.7 Å². The number of aromatic nitrogens is 3. The summed E-state index contributed by atoms with van der Waals surface area (Å²) in [6, 6.07) is 12.8. The van der Waals surface area contributed by atoms with Crippen molar-refractivity contribution in [1.29, 1.82) is 0 Å². The van der Waals surface area contributed by atoms with E-state index in [1.807, 2.05) is 54.6 Å². The van der Waals surface area contributed by atoms with Crippen molar-refractivity contribution in [2.24, 2.45) is 5.73 Å². The highest BCUT2D eigenvalue weighted by atomic mass is 16.4. The largest absolute Gasteiger partial charge is 0.480 e. The fraction of sp³-hybridized carbons (Fsp3) is 0.323. The summed E-state index contributed by atoms with van der Waals surface area (Å²) in [7, 11) is 0. The number of aliphatic carboxylic acids is 1. The van der Waals surface area contributed by atoms with Gasteiger partial charge in [-0.3, -0.25) is 14.4 Å². The fourth-order valence-electron chi connectivity index (χ4n) is 5.54.